The maximum absolute atomic E-state index is 4.76. The van der Waals surface area contributed by atoms with Gasteiger partial charge in [-0.05, 0) is 44.2 Å². The molecule has 0 radical (unpaired) electrons. The molecule has 2 saturated carbocycles. The van der Waals surface area contributed by atoms with Crippen LogP contribution in [0.3, 0.4) is 0 Å². The maximum Gasteiger partial charge on any atom is 0.201 e. The predicted octanol–water partition coefficient (Wildman–Crippen LogP) is 2.97. The molecule has 128 valence electrons. The minimum absolute atomic E-state index is 0.505. The van der Waals surface area contributed by atoms with Crippen LogP contribution in [0.4, 0.5) is 11.5 Å². The Hall–Kier alpha value is -2.70. The second-order valence-electron chi connectivity index (χ2n) is 6.96. The molecule has 2 N–H and O–H groups in total. The highest BCUT2D eigenvalue weighted by atomic mass is 15.4. The molecule has 0 amide bonds. The van der Waals surface area contributed by atoms with Gasteiger partial charge >= 0.3 is 0 Å². The number of aromatic nitrogens is 5. The Morgan fingerprint density at radius 1 is 1.12 bits per heavy atom. The standard InChI is InChI=1S/C18H21N7/c1-2-9-19-14(4-1)11-20-15-10-16(21-13-5-3-6-13)24-25-17(12-7-8-12)22-23-18(15)25/h1-2,4,9-10,12-13,20H,3,5-8,11H2,(H,21,24). The summed E-state index contributed by atoms with van der Waals surface area (Å²) < 4.78 is 1.92. The van der Waals surface area contributed by atoms with Crippen LogP contribution in [-0.2, 0) is 6.54 Å². The van der Waals surface area contributed by atoms with Gasteiger partial charge in [-0.25, -0.2) is 0 Å². The van der Waals surface area contributed by atoms with Gasteiger partial charge < -0.3 is 10.6 Å². The van der Waals surface area contributed by atoms with E-state index in [2.05, 4.69) is 25.8 Å². The summed E-state index contributed by atoms with van der Waals surface area (Å²) in [5.74, 6) is 2.38. The van der Waals surface area contributed by atoms with Crippen LogP contribution < -0.4 is 10.6 Å². The van der Waals surface area contributed by atoms with Crippen molar-refractivity contribution in [3.05, 3.63) is 42.0 Å². The van der Waals surface area contributed by atoms with Gasteiger partial charge in [0.1, 0.15) is 5.82 Å². The summed E-state index contributed by atoms with van der Waals surface area (Å²) in [5, 5.41) is 20.5. The zero-order chi connectivity index (χ0) is 16.6. The van der Waals surface area contributed by atoms with Crippen molar-refractivity contribution >= 4 is 17.2 Å². The van der Waals surface area contributed by atoms with Crippen LogP contribution in [0.15, 0.2) is 30.5 Å². The van der Waals surface area contributed by atoms with E-state index in [0.717, 1.165) is 28.7 Å². The zero-order valence-electron chi connectivity index (χ0n) is 14.0. The van der Waals surface area contributed by atoms with Crippen molar-refractivity contribution in [2.24, 2.45) is 0 Å². The van der Waals surface area contributed by atoms with Gasteiger partial charge in [-0.3, -0.25) is 4.98 Å². The van der Waals surface area contributed by atoms with Gasteiger partial charge in [0.05, 0.1) is 17.9 Å². The highest BCUT2D eigenvalue weighted by Gasteiger charge is 2.30. The van der Waals surface area contributed by atoms with Gasteiger partial charge in [-0.15, -0.1) is 15.3 Å². The molecule has 2 fully saturated rings. The van der Waals surface area contributed by atoms with Gasteiger partial charge in [0.15, 0.2) is 5.82 Å². The molecule has 2 aliphatic carbocycles. The normalized spacial score (nSPS) is 17.4. The third kappa shape index (κ3) is 2.90. The third-order valence-electron chi connectivity index (χ3n) is 4.98. The second-order valence-corrected chi connectivity index (χ2v) is 6.96. The first-order valence-electron chi connectivity index (χ1n) is 9.03. The lowest BCUT2D eigenvalue weighted by Crippen LogP contribution is -2.28. The summed E-state index contributed by atoms with van der Waals surface area (Å²) in [6, 6.07) is 8.52. The SMILES string of the molecule is c1ccc(CNc2cc(NC3CCC3)nn3c(C4CC4)nnc23)nc1. The molecule has 7 nitrogen and oxygen atoms in total. The number of rotatable bonds is 6. The number of anilines is 2. The number of nitrogens with one attached hydrogen (secondary N) is 2. The maximum atomic E-state index is 4.76. The Balaban J connectivity index is 1.48. The molecule has 0 spiro atoms. The molecule has 25 heavy (non-hydrogen) atoms. The van der Waals surface area contributed by atoms with Gasteiger partial charge in [0.25, 0.3) is 0 Å². The molecule has 0 unspecified atom stereocenters. The van der Waals surface area contributed by atoms with E-state index in [-0.39, 0.29) is 0 Å². The number of pyridine rings is 1. The van der Waals surface area contributed by atoms with Crippen LogP contribution in [0.2, 0.25) is 0 Å². The summed E-state index contributed by atoms with van der Waals surface area (Å²) in [7, 11) is 0. The average molecular weight is 335 g/mol. The van der Waals surface area contributed by atoms with Crippen molar-refractivity contribution in [2.45, 2.75) is 50.6 Å². The molecule has 3 heterocycles. The van der Waals surface area contributed by atoms with Crippen molar-refractivity contribution in [3.8, 4) is 0 Å². The fraction of sp³-hybridized carbons (Fsp3) is 0.444. The first-order valence-corrected chi connectivity index (χ1v) is 9.03. The largest absolute Gasteiger partial charge is 0.376 e. The molecule has 0 aromatic carbocycles. The first-order chi connectivity index (χ1) is 12.4. The lowest BCUT2D eigenvalue weighted by Gasteiger charge is -2.27. The summed E-state index contributed by atoms with van der Waals surface area (Å²) in [4.78, 5) is 4.37. The Morgan fingerprint density at radius 2 is 2.04 bits per heavy atom. The zero-order valence-corrected chi connectivity index (χ0v) is 14.0. The third-order valence-corrected chi connectivity index (χ3v) is 4.98. The van der Waals surface area contributed by atoms with Gasteiger partial charge in [-0.1, -0.05) is 6.07 Å². The summed E-state index contributed by atoms with van der Waals surface area (Å²) >= 11 is 0. The van der Waals surface area contributed by atoms with Crippen LogP contribution in [0.1, 0.15) is 49.5 Å². The van der Waals surface area contributed by atoms with Crippen LogP contribution in [0.25, 0.3) is 5.65 Å². The van der Waals surface area contributed by atoms with E-state index in [9.17, 15) is 0 Å². The van der Waals surface area contributed by atoms with E-state index in [1.807, 2.05) is 35.0 Å². The summed E-state index contributed by atoms with van der Waals surface area (Å²) in [6.45, 7) is 0.648. The lowest BCUT2D eigenvalue weighted by atomic mass is 9.93. The Labute approximate surface area is 145 Å². The van der Waals surface area contributed by atoms with Crippen molar-refractivity contribution in [1.29, 1.82) is 0 Å². The molecule has 3 aromatic rings. The van der Waals surface area contributed by atoms with Crippen molar-refractivity contribution in [3.63, 3.8) is 0 Å². The average Bonchev–Trinajstić information content (AvgIpc) is 3.36. The molecule has 0 aliphatic heterocycles. The quantitative estimate of drug-likeness (QED) is 0.721. The molecule has 2 aliphatic rings. The van der Waals surface area contributed by atoms with E-state index >= 15 is 0 Å². The van der Waals surface area contributed by atoms with E-state index in [1.54, 1.807) is 0 Å². The fourth-order valence-electron chi connectivity index (χ4n) is 3.14. The van der Waals surface area contributed by atoms with Gasteiger partial charge in [0.2, 0.25) is 5.65 Å². The van der Waals surface area contributed by atoms with E-state index in [4.69, 9.17) is 5.10 Å². The molecule has 3 aromatic heterocycles. The first kappa shape index (κ1) is 14.6. The highest BCUT2D eigenvalue weighted by Crippen LogP contribution is 2.39. The molecule has 0 atom stereocenters. The predicted molar refractivity (Wildman–Crippen MR) is 95.6 cm³/mol. The highest BCUT2D eigenvalue weighted by molar-refractivity contribution is 5.70. The van der Waals surface area contributed by atoms with Crippen molar-refractivity contribution in [1.82, 2.24) is 24.8 Å². The Kier molecular flexibility index (Phi) is 3.50. The number of hydrogen-bond acceptors (Lipinski definition) is 6. The van der Waals surface area contributed by atoms with Crippen molar-refractivity contribution in [2.75, 3.05) is 10.6 Å². The second kappa shape index (κ2) is 5.98. The van der Waals surface area contributed by atoms with E-state index < -0.39 is 0 Å². The number of nitrogens with zero attached hydrogens (tertiary/aromatic N) is 5. The fourth-order valence-corrected chi connectivity index (χ4v) is 3.14. The number of hydrogen-bond donors (Lipinski definition) is 2. The van der Waals surface area contributed by atoms with Crippen molar-refractivity contribution < 1.29 is 0 Å². The number of fused-ring (bicyclic) bond motifs is 1. The minimum Gasteiger partial charge on any atom is -0.376 e. The molecule has 7 heteroatoms. The van der Waals surface area contributed by atoms with Crippen LogP contribution in [0, 0.1) is 0 Å². The molecule has 0 saturated heterocycles. The smallest absolute Gasteiger partial charge is 0.201 e. The molecular formula is C18H21N7. The van der Waals surface area contributed by atoms with E-state index in [1.165, 1.54) is 32.1 Å². The summed E-state index contributed by atoms with van der Waals surface area (Å²) in [5.41, 5.74) is 2.73. The summed E-state index contributed by atoms with van der Waals surface area (Å²) in [6.07, 6.45) is 7.90. The Bertz CT molecular complexity index is 881. The van der Waals surface area contributed by atoms with Crippen LogP contribution in [0.5, 0.6) is 0 Å². The lowest BCUT2D eigenvalue weighted by molar-refractivity contribution is 0.444. The Morgan fingerprint density at radius 3 is 2.76 bits per heavy atom. The molecule has 5 rings (SSSR count). The van der Waals surface area contributed by atoms with Gasteiger partial charge in [-0.2, -0.15) is 4.52 Å². The molecular weight excluding hydrogens is 314 g/mol. The van der Waals surface area contributed by atoms with Crippen LogP contribution >= 0.6 is 0 Å². The monoisotopic (exact) mass is 335 g/mol. The van der Waals surface area contributed by atoms with E-state index in [0.29, 0.717) is 18.5 Å². The van der Waals surface area contributed by atoms with Crippen LogP contribution in [-0.4, -0.2) is 30.8 Å². The topological polar surface area (TPSA) is 80.0 Å². The molecule has 0 bridgehead atoms. The van der Waals surface area contributed by atoms with Gasteiger partial charge in [0, 0.05) is 24.2 Å². The minimum atomic E-state index is 0.505.